The van der Waals surface area contributed by atoms with Gasteiger partial charge in [-0.15, -0.1) is 0 Å². The molecule has 3 amide bonds. The predicted octanol–water partition coefficient (Wildman–Crippen LogP) is 2.21. The van der Waals surface area contributed by atoms with Crippen LogP contribution >= 0.6 is 15.9 Å². The van der Waals surface area contributed by atoms with Crippen molar-refractivity contribution < 1.29 is 23.5 Å². The van der Waals surface area contributed by atoms with Crippen molar-refractivity contribution in [2.75, 3.05) is 0 Å². The lowest BCUT2D eigenvalue weighted by Crippen LogP contribution is -2.50. The molecule has 0 bridgehead atoms. The molecule has 1 atom stereocenters. The highest BCUT2D eigenvalue weighted by atomic mass is 79.9. The molecule has 0 spiro atoms. The van der Waals surface area contributed by atoms with Gasteiger partial charge in [-0.25, -0.2) is 9.59 Å². The van der Waals surface area contributed by atoms with Crippen molar-refractivity contribution in [1.82, 2.24) is 10.6 Å². The van der Waals surface area contributed by atoms with Crippen LogP contribution in [-0.4, -0.2) is 29.6 Å². The molecule has 116 valence electrons. The molecule has 1 aromatic heterocycles. The van der Waals surface area contributed by atoms with E-state index in [2.05, 4.69) is 26.6 Å². The Kier molecular flexibility index (Phi) is 5.54. The fourth-order valence-electron chi connectivity index (χ4n) is 1.28. The second-order valence-electron chi connectivity index (χ2n) is 5.34. The molecule has 0 aliphatic rings. The Morgan fingerprint density at radius 3 is 2.38 bits per heavy atom. The second kappa shape index (κ2) is 6.75. The van der Waals surface area contributed by atoms with Crippen LogP contribution in [-0.2, 0) is 9.53 Å². The molecule has 0 aromatic carbocycles. The first-order valence-corrected chi connectivity index (χ1v) is 6.97. The van der Waals surface area contributed by atoms with E-state index in [1.54, 1.807) is 20.8 Å². The van der Waals surface area contributed by atoms with Gasteiger partial charge in [0.2, 0.25) is 5.76 Å². The van der Waals surface area contributed by atoms with Crippen molar-refractivity contribution >= 4 is 33.8 Å². The largest absolute Gasteiger partial charge is 0.447 e. The predicted molar refractivity (Wildman–Crippen MR) is 77.7 cm³/mol. The quantitative estimate of drug-likeness (QED) is 0.805. The molecule has 8 heteroatoms. The van der Waals surface area contributed by atoms with Gasteiger partial charge >= 0.3 is 12.0 Å². The van der Waals surface area contributed by atoms with Crippen molar-refractivity contribution in [1.29, 1.82) is 0 Å². The van der Waals surface area contributed by atoms with Crippen molar-refractivity contribution in [2.24, 2.45) is 0 Å². The van der Waals surface area contributed by atoms with Crippen LogP contribution in [0.4, 0.5) is 4.79 Å². The lowest BCUT2D eigenvalue weighted by molar-refractivity contribution is -0.128. The van der Waals surface area contributed by atoms with Crippen LogP contribution in [0.15, 0.2) is 21.2 Å². The molecular weight excluding hydrogens is 344 g/mol. The third-order valence-corrected chi connectivity index (χ3v) is 2.58. The number of nitrogens with one attached hydrogen (secondary N) is 2. The van der Waals surface area contributed by atoms with E-state index in [0.717, 1.165) is 0 Å². The molecule has 0 aliphatic carbocycles. The van der Waals surface area contributed by atoms with Crippen molar-refractivity contribution in [3.8, 4) is 0 Å². The van der Waals surface area contributed by atoms with Crippen LogP contribution in [0.25, 0.3) is 0 Å². The summed E-state index contributed by atoms with van der Waals surface area (Å²) in [7, 11) is 0. The highest BCUT2D eigenvalue weighted by Crippen LogP contribution is 2.15. The van der Waals surface area contributed by atoms with E-state index >= 15 is 0 Å². The summed E-state index contributed by atoms with van der Waals surface area (Å²) in [5.74, 6) is -1.56. The summed E-state index contributed by atoms with van der Waals surface area (Å²) in [4.78, 5) is 34.9. The maximum atomic E-state index is 11.7. The minimum Gasteiger partial charge on any atom is -0.447 e. The number of rotatable bonds is 3. The van der Waals surface area contributed by atoms with Crippen LogP contribution in [0.3, 0.4) is 0 Å². The molecule has 1 aromatic rings. The number of furan rings is 1. The van der Waals surface area contributed by atoms with Gasteiger partial charge in [-0.1, -0.05) is 0 Å². The maximum Gasteiger partial charge on any atom is 0.375 e. The Balaban J connectivity index is 2.51. The molecule has 1 heterocycles. The van der Waals surface area contributed by atoms with Crippen LogP contribution in [0, 0.1) is 0 Å². The number of carbonyl (C=O) groups excluding carboxylic acids is 3. The topological polar surface area (TPSA) is 97.6 Å². The average Bonchev–Trinajstić information content (AvgIpc) is 2.73. The van der Waals surface area contributed by atoms with Gasteiger partial charge < -0.3 is 14.5 Å². The highest BCUT2D eigenvalue weighted by molar-refractivity contribution is 9.10. The van der Waals surface area contributed by atoms with Crippen molar-refractivity contribution in [3.05, 3.63) is 22.6 Å². The third-order valence-electron chi connectivity index (χ3n) is 2.15. The third kappa shape index (κ3) is 5.99. The number of urea groups is 1. The van der Waals surface area contributed by atoms with Gasteiger partial charge in [-0.3, -0.25) is 10.1 Å². The van der Waals surface area contributed by atoms with Crippen molar-refractivity contribution in [2.45, 2.75) is 39.3 Å². The molecule has 0 radical (unpaired) electrons. The Hall–Kier alpha value is -1.83. The lowest BCUT2D eigenvalue weighted by atomic mass is 10.1. The van der Waals surface area contributed by atoms with Gasteiger partial charge in [0.15, 0.2) is 10.8 Å². The van der Waals surface area contributed by atoms with Gasteiger partial charge in [0, 0.05) is 5.54 Å². The summed E-state index contributed by atoms with van der Waals surface area (Å²) in [5.41, 5.74) is -0.481. The van der Waals surface area contributed by atoms with E-state index in [9.17, 15) is 14.4 Å². The zero-order valence-electron chi connectivity index (χ0n) is 12.2. The summed E-state index contributed by atoms with van der Waals surface area (Å²) < 4.78 is 10.3. The van der Waals surface area contributed by atoms with Gasteiger partial charge in [0.25, 0.3) is 5.91 Å². The standard InChI is InChI=1S/C13H17BrN2O5/c1-7(10(17)15-12(19)16-13(2,3)4)20-11(18)8-5-6-9(14)21-8/h5-7H,1-4H3,(H2,15,16,17,19). The summed E-state index contributed by atoms with van der Waals surface area (Å²) in [6.45, 7) is 6.68. The Labute approximate surface area is 130 Å². The molecule has 0 saturated carbocycles. The zero-order valence-corrected chi connectivity index (χ0v) is 13.7. The number of halogens is 1. The molecule has 0 saturated heterocycles. The fraction of sp³-hybridized carbons (Fsp3) is 0.462. The zero-order chi connectivity index (χ0) is 16.2. The second-order valence-corrected chi connectivity index (χ2v) is 6.13. The van der Waals surface area contributed by atoms with Crippen LogP contribution in [0.2, 0.25) is 0 Å². The van der Waals surface area contributed by atoms with Gasteiger partial charge in [-0.2, -0.15) is 0 Å². The summed E-state index contributed by atoms with van der Waals surface area (Å²) in [6, 6.07) is 2.28. The number of imide groups is 1. The number of ether oxygens (including phenoxy) is 1. The van der Waals surface area contributed by atoms with E-state index < -0.39 is 29.6 Å². The van der Waals surface area contributed by atoms with Gasteiger partial charge in [-0.05, 0) is 55.8 Å². The Morgan fingerprint density at radius 1 is 1.29 bits per heavy atom. The van der Waals surface area contributed by atoms with Crippen molar-refractivity contribution in [3.63, 3.8) is 0 Å². The number of hydrogen-bond acceptors (Lipinski definition) is 5. The molecule has 2 N–H and O–H groups in total. The lowest BCUT2D eigenvalue weighted by Gasteiger charge is -2.21. The summed E-state index contributed by atoms with van der Waals surface area (Å²) in [6.07, 6.45) is -1.13. The fourth-order valence-corrected chi connectivity index (χ4v) is 1.59. The maximum absolute atomic E-state index is 11.7. The van der Waals surface area contributed by atoms with Gasteiger partial charge in [0.1, 0.15) is 0 Å². The minimum atomic E-state index is -1.13. The number of esters is 1. The Bertz CT molecular complexity index is 547. The molecule has 21 heavy (non-hydrogen) atoms. The molecular formula is C13H17BrN2O5. The molecule has 1 unspecified atom stereocenters. The Morgan fingerprint density at radius 2 is 1.90 bits per heavy atom. The van der Waals surface area contributed by atoms with Gasteiger partial charge in [0.05, 0.1) is 0 Å². The van der Waals surface area contributed by atoms with E-state index in [4.69, 9.17) is 9.15 Å². The first-order chi connectivity index (χ1) is 9.58. The average molecular weight is 361 g/mol. The normalized spacial score (nSPS) is 12.4. The minimum absolute atomic E-state index is 0.0410. The first-order valence-electron chi connectivity index (χ1n) is 6.18. The van der Waals surface area contributed by atoms with E-state index in [0.29, 0.717) is 4.67 Å². The number of carbonyl (C=O) groups is 3. The number of hydrogen-bond donors (Lipinski definition) is 2. The van der Waals surface area contributed by atoms with E-state index in [1.807, 2.05) is 0 Å². The molecule has 7 nitrogen and oxygen atoms in total. The van der Waals surface area contributed by atoms with Crippen LogP contribution in [0.1, 0.15) is 38.2 Å². The van der Waals surface area contributed by atoms with E-state index in [-0.39, 0.29) is 5.76 Å². The first kappa shape index (κ1) is 17.2. The summed E-state index contributed by atoms with van der Waals surface area (Å²) in [5, 5.41) is 4.65. The number of amides is 3. The van der Waals surface area contributed by atoms with Crippen LogP contribution in [0.5, 0.6) is 0 Å². The van der Waals surface area contributed by atoms with Crippen LogP contribution < -0.4 is 10.6 Å². The highest BCUT2D eigenvalue weighted by Gasteiger charge is 2.23. The smallest absolute Gasteiger partial charge is 0.375 e. The monoisotopic (exact) mass is 360 g/mol. The molecule has 0 aliphatic heterocycles. The van der Waals surface area contributed by atoms with E-state index in [1.165, 1.54) is 19.1 Å². The summed E-state index contributed by atoms with van der Waals surface area (Å²) >= 11 is 3.05. The molecule has 1 rings (SSSR count). The molecule has 0 fully saturated rings. The SMILES string of the molecule is CC(OC(=O)c1ccc(Br)o1)C(=O)NC(=O)NC(C)(C)C.